The van der Waals surface area contributed by atoms with Crippen LogP contribution in [-0.2, 0) is 35.2 Å². The number of non-ortho nitro benzene ring substituents is 1. The highest BCUT2D eigenvalue weighted by Crippen LogP contribution is 2.25. The number of esters is 2. The fourth-order valence-electron chi connectivity index (χ4n) is 3.01. The fraction of sp³-hybridized carbons (Fsp3) is 0.130. The normalized spacial score (nSPS) is 17.3. The van der Waals surface area contributed by atoms with Gasteiger partial charge in [-0.25, -0.2) is 9.59 Å². The van der Waals surface area contributed by atoms with Gasteiger partial charge in [-0.15, -0.1) is 0 Å². The van der Waals surface area contributed by atoms with Crippen molar-refractivity contribution in [1.82, 2.24) is 4.90 Å². The molecule has 1 saturated heterocycles. The van der Waals surface area contributed by atoms with Crippen molar-refractivity contribution in [3.05, 3.63) is 89.5 Å². The third-order valence-corrected chi connectivity index (χ3v) is 4.73. The third kappa shape index (κ3) is 5.87. The topological polar surface area (TPSA) is 158 Å². The molecular weight excluding hydrogens is 460 g/mol. The highest BCUT2D eigenvalue weighted by atomic mass is 16.6. The third-order valence-electron chi connectivity index (χ3n) is 4.73. The fourth-order valence-corrected chi connectivity index (χ4v) is 3.01. The Morgan fingerprint density at radius 1 is 0.886 bits per heavy atom. The zero-order valence-electron chi connectivity index (χ0n) is 18.1. The highest BCUT2D eigenvalue weighted by molar-refractivity contribution is 6.09. The number of nitro benzene ring substituents is 1. The van der Waals surface area contributed by atoms with E-state index in [1.165, 1.54) is 24.3 Å². The molecule has 0 bridgehead atoms. The van der Waals surface area contributed by atoms with E-state index in [4.69, 9.17) is 9.47 Å². The van der Waals surface area contributed by atoms with Gasteiger partial charge in [-0.3, -0.25) is 24.6 Å². The van der Waals surface area contributed by atoms with Crippen molar-refractivity contribution >= 4 is 40.8 Å². The van der Waals surface area contributed by atoms with Crippen molar-refractivity contribution in [2.24, 2.45) is 10.2 Å². The predicted octanol–water partition coefficient (Wildman–Crippen LogP) is 3.07. The van der Waals surface area contributed by atoms with Crippen molar-refractivity contribution in [2.45, 2.75) is 18.8 Å². The van der Waals surface area contributed by atoms with Gasteiger partial charge in [0.2, 0.25) is 12.2 Å². The molecule has 0 N–H and O–H groups in total. The van der Waals surface area contributed by atoms with Crippen molar-refractivity contribution in [3.63, 3.8) is 0 Å². The molecule has 178 valence electrons. The van der Waals surface area contributed by atoms with Crippen molar-refractivity contribution in [2.75, 3.05) is 0 Å². The van der Waals surface area contributed by atoms with Crippen LogP contribution < -0.4 is 0 Å². The van der Waals surface area contributed by atoms with Crippen LogP contribution in [0.4, 0.5) is 17.1 Å². The predicted molar refractivity (Wildman–Crippen MR) is 119 cm³/mol. The molecule has 1 heterocycles. The monoisotopic (exact) mass is 478 g/mol. The van der Waals surface area contributed by atoms with E-state index in [9.17, 15) is 29.3 Å². The molecule has 1 aliphatic rings. The number of hydrogen-bond acceptors (Lipinski definition) is 10. The van der Waals surface area contributed by atoms with E-state index >= 15 is 0 Å². The van der Waals surface area contributed by atoms with Gasteiger partial charge >= 0.3 is 11.9 Å². The van der Waals surface area contributed by atoms with Gasteiger partial charge in [-0.1, -0.05) is 25.3 Å². The van der Waals surface area contributed by atoms with Crippen molar-refractivity contribution in [3.8, 4) is 0 Å². The molecule has 0 aromatic heterocycles. The van der Waals surface area contributed by atoms with E-state index in [0.717, 1.165) is 17.1 Å². The molecule has 0 radical (unpaired) electrons. The lowest BCUT2D eigenvalue weighted by Gasteiger charge is -2.14. The van der Waals surface area contributed by atoms with E-state index in [0.29, 0.717) is 16.9 Å². The molecule has 2 atom stereocenters. The molecule has 2 amide bonds. The van der Waals surface area contributed by atoms with Gasteiger partial charge in [0.15, 0.2) is 0 Å². The second kappa shape index (κ2) is 10.7. The summed E-state index contributed by atoms with van der Waals surface area (Å²) in [4.78, 5) is 59.7. The lowest BCUT2D eigenvalue weighted by atomic mass is 10.2. The van der Waals surface area contributed by atoms with Crippen molar-refractivity contribution < 1.29 is 33.6 Å². The number of azo groups is 1. The van der Waals surface area contributed by atoms with Crippen molar-refractivity contribution in [1.29, 1.82) is 0 Å². The first-order valence-corrected chi connectivity index (χ1v) is 10.00. The number of nitrogens with zero attached hydrogens (tertiary/aromatic N) is 4. The van der Waals surface area contributed by atoms with Crippen LogP contribution in [0, 0.1) is 10.1 Å². The Hall–Kier alpha value is -5.00. The number of carbonyl (C=O) groups is 4. The molecule has 1 aliphatic heterocycles. The zero-order valence-corrected chi connectivity index (χ0v) is 18.1. The van der Waals surface area contributed by atoms with Gasteiger partial charge in [0.05, 0.1) is 22.8 Å². The molecule has 0 saturated carbocycles. The lowest BCUT2D eigenvalue weighted by molar-refractivity contribution is -0.384. The van der Waals surface area contributed by atoms with E-state index in [1.54, 1.807) is 24.3 Å². The largest absolute Gasteiger partial charge is 0.444 e. The smallest absolute Gasteiger partial charge is 0.331 e. The number of imide groups is 1. The van der Waals surface area contributed by atoms with Gasteiger partial charge in [-0.05, 0) is 29.8 Å². The van der Waals surface area contributed by atoms with Gasteiger partial charge in [-0.2, -0.15) is 10.2 Å². The van der Waals surface area contributed by atoms with Gasteiger partial charge < -0.3 is 9.47 Å². The Morgan fingerprint density at radius 3 is 1.71 bits per heavy atom. The molecule has 0 spiro atoms. The molecule has 0 unspecified atom stereocenters. The Labute approximate surface area is 198 Å². The maximum atomic E-state index is 12.7. The van der Waals surface area contributed by atoms with Crippen LogP contribution in [0.15, 0.2) is 84.1 Å². The number of nitro groups is 1. The molecule has 2 aromatic rings. The van der Waals surface area contributed by atoms with E-state index in [1.807, 2.05) is 0 Å². The zero-order chi connectivity index (χ0) is 25.5. The Balaban J connectivity index is 1.72. The number of rotatable bonds is 9. The van der Waals surface area contributed by atoms with Crippen LogP contribution in [-0.4, -0.2) is 45.8 Å². The molecule has 0 aliphatic carbocycles. The second-order valence-corrected chi connectivity index (χ2v) is 7.03. The summed E-state index contributed by atoms with van der Waals surface area (Å²) in [6.07, 6.45) is -1.66. The highest BCUT2D eigenvalue weighted by Gasteiger charge is 2.52. The average molecular weight is 478 g/mol. The van der Waals surface area contributed by atoms with E-state index in [-0.39, 0.29) is 12.2 Å². The lowest BCUT2D eigenvalue weighted by Crippen LogP contribution is -2.37. The minimum absolute atomic E-state index is 0.0673. The van der Waals surface area contributed by atoms with Crippen LogP contribution >= 0.6 is 0 Å². The molecule has 12 nitrogen and oxygen atoms in total. The first-order chi connectivity index (χ1) is 16.7. The minimum Gasteiger partial charge on any atom is -0.444 e. The summed E-state index contributed by atoms with van der Waals surface area (Å²) >= 11 is 0. The molecule has 3 rings (SSSR count). The van der Waals surface area contributed by atoms with Crippen LogP contribution in [0.3, 0.4) is 0 Å². The van der Waals surface area contributed by atoms with Crippen LogP contribution in [0.5, 0.6) is 0 Å². The molecule has 2 aromatic carbocycles. The summed E-state index contributed by atoms with van der Waals surface area (Å²) in [6, 6.07) is 11.9. The number of amides is 2. The molecule has 12 heteroatoms. The Kier molecular flexibility index (Phi) is 7.56. The Morgan fingerprint density at radius 2 is 1.31 bits per heavy atom. The summed E-state index contributed by atoms with van der Waals surface area (Å²) in [6.45, 7) is 6.30. The standard InChI is InChI=1S/C23H18N4O8/c1-3-18(28)34-20-21(35-19(29)4-2)23(31)26(22(20)30)13-14-5-7-15(8-6-14)24-25-16-9-11-17(12-10-16)27(32)33/h3-12,20-21H,1-2,13H2/t20-,21+. The second-order valence-electron chi connectivity index (χ2n) is 7.03. The maximum Gasteiger partial charge on any atom is 0.331 e. The maximum absolute atomic E-state index is 12.7. The quantitative estimate of drug-likeness (QED) is 0.133. The summed E-state index contributed by atoms with van der Waals surface area (Å²) in [5, 5.41) is 18.7. The summed E-state index contributed by atoms with van der Waals surface area (Å²) in [5.74, 6) is -3.62. The van der Waals surface area contributed by atoms with Gasteiger partial charge in [0.25, 0.3) is 17.5 Å². The van der Waals surface area contributed by atoms with Gasteiger partial charge in [0, 0.05) is 24.3 Å². The summed E-state index contributed by atoms with van der Waals surface area (Å²) in [5.41, 5.74) is 1.32. The molecular formula is C23H18N4O8. The molecule has 35 heavy (non-hydrogen) atoms. The number of ether oxygens (including phenoxy) is 2. The summed E-state index contributed by atoms with van der Waals surface area (Å²) < 4.78 is 9.87. The van der Waals surface area contributed by atoms with E-state index in [2.05, 4.69) is 23.4 Å². The number of likely N-dealkylation sites (tertiary alicyclic amines) is 1. The number of carbonyl (C=O) groups excluding carboxylic acids is 4. The van der Waals surface area contributed by atoms with Gasteiger partial charge in [0.1, 0.15) is 0 Å². The van der Waals surface area contributed by atoms with Crippen LogP contribution in [0.2, 0.25) is 0 Å². The van der Waals surface area contributed by atoms with Crippen LogP contribution in [0.25, 0.3) is 0 Å². The average Bonchev–Trinajstić information content (AvgIpc) is 3.07. The Bertz CT molecular complexity index is 1180. The first-order valence-electron chi connectivity index (χ1n) is 10.00. The molecule has 1 fully saturated rings. The minimum atomic E-state index is -1.65. The number of hydrogen-bond donors (Lipinski definition) is 0. The number of benzene rings is 2. The first kappa shape index (κ1) is 24.6. The summed E-state index contributed by atoms with van der Waals surface area (Å²) in [7, 11) is 0. The van der Waals surface area contributed by atoms with Crippen LogP contribution in [0.1, 0.15) is 5.56 Å². The SMILES string of the molecule is C=CC(=O)O[C@@H]1C(=O)N(Cc2ccc(N=Nc3ccc([N+](=O)[O-])cc3)cc2)C(=O)[C@@H]1OC(=O)C=C. The van der Waals surface area contributed by atoms with E-state index < -0.39 is 40.9 Å².